The Labute approximate surface area is 145 Å². The van der Waals surface area contributed by atoms with Crippen LogP contribution in [0.5, 0.6) is 0 Å². The first-order valence-corrected chi connectivity index (χ1v) is 9.03. The van der Waals surface area contributed by atoms with Crippen molar-refractivity contribution in [2.24, 2.45) is 5.10 Å². The molecule has 1 heterocycles. The first kappa shape index (κ1) is 18.9. The Bertz CT molecular complexity index is 831. The average Bonchev–Trinajstić information content (AvgIpc) is 2.59. The van der Waals surface area contributed by atoms with Gasteiger partial charge in [0.2, 0.25) is 10.0 Å². The van der Waals surface area contributed by atoms with E-state index < -0.39 is 21.7 Å². The molecule has 0 spiro atoms. The Hall–Kier alpha value is -2.39. The number of aromatic nitrogens is 1. The van der Waals surface area contributed by atoms with Crippen molar-refractivity contribution in [3.63, 3.8) is 0 Å². The van der Waals surface area contributed by atoms with Gasteiger partial charge in [0.15, 0.2) is 0 Å². The number of rotatable bonds is 7. The lowest BCUT2D eigenvalue weighted by molar-refractivity contribution is 0.445. The van der Waals surface area contributed by atoms with Gasteiger partial charge in [-0.15, -0.1) is 0 Å². The van der Waals surface area contributed by atoms with E-state index in [4.69, 9.17) is 0 Å². The van der Waals surface area contributed by atoms with Gasteiger partial charge in [0, 0.05) is 19.3 Å². The molecule has 0 atom stereocenters. The minimum atomic E-state index is -3.59. The molecule has 0 unspecified atom stereocenters. The molecule has 0 radical (unpaired) electrons. The fourth-order valence-electron chi connectivity index (χ4n) is 2.11. The van der Waals surface area contributed by atoms with Gasteiger partial charge in [0.25, 0.3) is 0 Å². The van der Waals surface area contributed by atoms with Crippen molar-refractivity contribution >= 4 is 22.1 Å². The third-order valence-corrected chi connectivity index (χ3v) is 5.49. The highest BCUT2D eigenvalue weighted by Gasteiger charge is 2.21. The first-order chi connectivity index (χ1) is 11.9. The van der Waals surface area contributed by atoms with Crippen molar-refractivity contribution in [1.82, 2.24) is 9.29 Å². The molecule has 6 nitrogen and oxygen atoms in total. The average molecular weight is 368 g/mol. The van der Waals surface area contributed by atoms with Gasteiger partial charge in [-0.25, -0.2) is 22.2 Å². The number of nitrogens with zero attached hydrogens (tertiary/aromatic N) is 3. The fourth-order valence-corrected chi connectivity index (χ4v) is 3.51. The third-order valence-electron chi connectivity index (χ3n) is 3.45. The van der Waals surface area contributed by atoms with Crippen LogP contribution in [0.15, 0.2) is 46.5 Å². The number of pyridine rings is 1. The number of sulfonamides is 1. The summed E-state index contributed by atoms with van der Waals surface area (Å²) in [6.45, 7) is 4.22. The normalized spacial score (nSPS) is 12.0. The Morgan fingerprint density at radius 2 is 1.80 bits per heavy atom. The predicted molar refractivity (Wildman–Crippen MR) is 91.9 cm³/mol. The summed E-state index contributed by atoms with van der Waals surface area (Å²) < 4.78 is 52.9. The van der Waals surface area contributed by atoms with Gasteiger partial charge in [-0.2, -0.15) is 9.41 Å². The third kappa shape index (κ3) is 4.37. The summed E-state index contributed by atoms with van der Waals surface area (Å²) in [6.07, 6.45) is 2.20. The van der Waals surface area contributed by atoms with Crippen molar-refractivity contribution in [2.75, 3.05) is 18.5 Å². The molecule has 9 heteroatoms. The Kier molecular flexibility index (Phi) is 6.16. The topological polar surface area (TPSA) is 74.7 Å². The smallest absolute Gasteiger partial charge is 0.244 e. The Morgan fingerprint density at radius 1 is 1.16 bits per heavy atom. The molecule has 2 rings (SSSR count). The molecule has 1 N–H and O–H groups in total. The zero-order chi connectivity index (χ0) is 18.4. The number of hydrogen-bond donors (Lipinski definition) is 1. The van der Waals surface area contributed by atoms with Gasteiger partial charge in [-0.3, -0.25) is 5.43 Å². The van der Waals surface area contributed by atoms with Gasteiger partial charge in [-0.1, -0.05) is 19.9 Å². The van der Waals surface area contributed by atoms with Crippen LogP contribution in [0, 0.1) is 11.6 Å². The van der Waals surface area contributed by atoms with Gasteiger partial charge in [-0.05, 0) is 24.3 Å². The maximum absolute atomic E-state index is 13.5. The molecule has 134 valence electrons. The van der Waals surface area contributed by atoms with Crippen LogP contribution in [0.3, 0.4) is 0 Å². The molecule has 25 heavy (non-hydrogen) atoms. The quantitative estimate of drug-likeness (QED) is 0.602. The molecular formula is C16H18F2N4O2S. The number of nitrogens with one attached hydrogen (secondary N) is 1. The van der Waals surface area contributed by atoms with Crippen molar-refractivity contribution in [3.05, 3.63) is 53.7 Å². The highest BCUT2D eigenvalue weighted by molar-refractivity contribution is 7.89. The van der Waals surface area contributed by atoms with E-state index in [0.717, 1.165) is 18.3 Å². The van der Waals surface area contributed by atoms with Gasteiger partial charge < -0.3 is 0 Å². The number of halogens is 2. The molecule has 2 aromatic rings. The molecule has 0 aliphatic carbocycles. The monoisotopic (exact) mass is 368 g/mol. The maximum atomic E-state index is 13.5. The standard InChI is InChI=1S/C16H18F2N4O2S/c1-3-22(4-2)25(23,24)12-8-9-16(19-10-12)21-20-11-13-14(17)6-5-7-15(13)18/h5-11H,3-4H2,1-2H3,(H,19,21)/b20-11+. The van der Waals surface area contributed by atoms with Gasteiger partial charge >= 0.3 is 0 Å². The van der Waals surface area contributed by atoms with Crippen LogP contribution in [-0.4, -0.2) is 37.0 Å². The summed E-state index contributed by atoms with van der Waals surface area (Å²) in [5, 5.41) is 3.72. The van der Waals surface area contributed by atoms with E-state index in [1.54, 1.807) is 13.8 Å². The SMILES string of the molecule is CCN(CC)S(=O)(=O)c1ccc(N/N=C/c2c(F)cccc2F)nc1. The first-order valence-electron chi connectivity index (χ1n) is 7.59. The van der Waals surface area contributed by atoms with Crippen LogP contribution in [0.4, 0.5) is 14.6 Å². The van der Waals surface area contributed by atoms with Crippen LogP contribution in [0.1, 0.15) is 19.4 Å². The molecule has 1 aromatic heterocycles. The molecule has 0 amide bonds. The minimum Gasteiger partial charge on any atom is -0.261 e. The minimum absolute atomic E-state index is 0.0610. The van der Waals surface area contributed by atoms with E-state index in [0.29, 0.717) is 13.1 Å². The molecule has 0 saturated heterocycles. The van der Waals surface area contributed by atoms with E-state index in [1.165, 1.54) is 28.7 Å². The second kappa shape index (κ2) is 8.13. The number of hydrogen-bond acceptors (Lipinski definition) is 5. The van der Waals surface area contributed by atoms with Crippen molar-refractivity contribution in [1.29, 1.82) is 0 Å². The van der Waals surface area contributed by atoms with E-state index >= 15 is 0 Å². The van der Waals surface area contributed by atoms with Crippen LogP contribution in [-0.2, 0) is 10.0 Å². The van der Waals surface area contributed by atoms with E-state index in [1.807, 2.05) is 0 Å². The summed E-state index contributed by atoms with van der Waals surface area (Å²) in [7, 11) is -3.59. The highest BCUT2D eigenvalue weighted by atomic mass is 32.2. The van der Waals surface area contributed by atoms with Crippen LogP contribution < -0.4 is 5.43 Å². The van der Waals surface area contributed by atoms with E-state index in [2.05, 4.69) is 15.5 Å². The van der Waals surface area contributed by atoms with Crippen molar-refractivity contribution in [3.8, 4) is 0 Å². The summed E-state index contributed by atoms with van der Waals surface area (Å²) in [5.74, 6) is -1.23. The Morgan fingerprint density at radius 3 is 2.32 bits per heavy atom. The number of hydrazone groups is 1. The van der Waals surface area contributed by atoms with Crippen LogP contribution in [0.2, 0.25) is 0 Å². The van der Waals surface area contributed by atoms with Crippen molar-refractivity contribution < 1.29 is 17.2 Å². The zero-order valence-corrected chi connectivity index (χ0v) is 14.6. The van der Waals surface area contributed by atoms with Crippen molar-refractivity contribution in [2.45, 2.75) is 18.7 Å². The lowest BCUT2D eigenvalue weighted by Gasteiger charge is -2.18. The fraction of sp³-hybridized carbons (Fsp3) is 0.250. The van der Waals surface area contributed by atoms with E-state index in [9.17, 15) is 17.2 Å². The lowest BCUT2D eigenvalue weighted by Crippen LogP contribution is -2.30. The lowest BCUT2D eigenvalue weighted by atomic mass is 10.2. The largest absolute Gasteiger partial charge is 0.261 e. The van der Waals surface area contributed by atoms with Gasteiger partial charge in [0.05, 0.1) is 11.8 Å². The van der Waals surface area contributed by atoms with E-state index in [-0.39, 0.29) is 16.3 Å². The second-order valence-electron chi connectivity index (χ2n) is 4.97. The highest BCUT2D eigenvalue weighted by Crippen LogP contribution is 2.16. The number of anilines is 1. The summed E-state index contributed by atoms with van der Waals surface area (Å²) in [5.41, 5.74) is 2.22. The zero-order valence-electron chi connectivity index (χ0n) is 13.8. The molecule has 1 aromatic carbocycles. The van der Waals surface area contributed by atoms with Crippen LogP contribution in [0.25, 0.3) is 0 Å². The maximum Gasteiger partial charge on any atom is 0.244 e. The molecule has 0 aliphatic rings. The van der Waals surface area contributed by atoms with Gasteiger partial charge in [0.1, 0.15) is 22.3 Å². The van der Waals surface area contributed by atoms with Crippen LogP contribution >= 0.6 is 0 Å². The molecule has 0 aliphatic heterocycles. The summed E-state index contributed by atoms with van der Waals surface area (Å²) in [4.78, 5) is 4.01. The number of benzene rings is 1. The molecule has 0 fully saturated rings. The summed E-state index contributed by atoms with van der Waals surface area (Å²) >= 11 is 0. The molecule has 0 bridgehead atoms. The Balaban J connectivity index is 2.12. The molecule has 0 saturated carbocycles. The second-order valence-corrected chi connectivity index (χ2v) is 6.91. The predicted octanol–water partition coefficient (Wildman–Crippen LogP) is 2.84. The summed E-state index contributed by atoms with van der Waals surface area (Å²) in [6, 6.07) is 6.31. The molecular weight excluding hydrogens is 350 g/mol.